The Kier molecular flexibility index (Phi) is 4.42. The van der Waals surface area contributed by atoms with Crippen molar-refractivity contribution in [2.24, 2.45) is 0 Å². The lowest BCUT2D eigenvalue weighted by atomic mass is 10.2. The van der Waals surface area contributed by atoms with Crippen LogP contribution in [0.2, 0.25) is 0 Å². The summed E-state index contributed by atoms with van der Waals surface area (Å²) in [5.41, 5.74) is 2.27. The van der Waals surface area contributed by atoms with Crippen LogP contribution >= 0.6 is 11.3 Å². The Hall–Kier alpha value is -2.19. The van der Waals surface area contributed by atoms with E-state index < -0.39 is 15.8 Å². The third-order valence-electron chi connectivity index (χ3n) is 3.97. The highest BCUT2D eigenvalue weighted by molar-refractivity contribution is 7.93. The second kappa shape index (κ2) is 6.27. The molecule has 0 aliphatic rings. The fourth-order valence-electron chi connectivity index (χ4n) is 2.36. The minimum atomic E-state index is -3.84. The predicted octanol–water partition coefficient (Wildman–Crippen LogP) is 4.58. The summed E-state index contributed by atoms with van der Waals surface area (Å²) in [5.74, 6) is 0.101. The molecule has 5 nitrogen and oxygen atoms in total. The highest BCUT2D eigenvalue weighted by atomic mass is 32.2. The van der Waals surface area contributed by atoms with E-state index in [-0.39, 0.29) is 10.6 Å². The number of halogens is 1. The largest absolute Gasteiger partial charge is 0.355 e. The molecule has 0 saturated carbocycles. The molecular weight excluding hydrogens is 363 g/mol. The number of hydrogen-bond acceptors (Lipinski definition) is 5. The van der Waals surface area contributed by atoms with Gasteiger partial charge in [0, 0.05) is 10.4 Å². The zero-order valence-electron chi connectivity index (χ0n) is 14.2. The van der Waals surface area contributed by atoms with Crippen molar-refractivity contribution in [2.75, 3.05) is 4.72 Å². The lowest BCUT2D eigenvalue weighted by molar-refractivity contribution is 0.427. The number of nitrogens with one attached hydrogen (secondary N) is 1. The van der Waals surface area contributed by atoms with Gasteiger partial charge in [0.2, 0.25) is 0 Å². The Morgan fingerprint density at radius 2 is 1.88 bits per heavy atom. The lowest BCUT2D eigenvalue weighted by Gasteiger charge is -2.08. The van der Waals surface area contributed by atoms with Crippen molar-refractivity contribution in [3.8, 4) is 10.6 Å². The Morgan fingerprint density at radius 1 is 1.16 bits per heavy atom. The van der Waals surface area contributed by atoms with Gasteiger partial charge in [-0.05, 0) is 51.5 Å². The van der Waals surface area contributed by atoms with Crippen LogP contribution < -0.4 is 4.72 Å². The van der Waals surface area contributed by atoms with Crippen LogP contribution in [0.1, 0.15) is 21.7 Å². The lowest BCUT2D eigenvalue weighted by Crippen LogP contribution is -2.13. The van der Waals surface area contributed by atoms with Gasteiger partial charge >= 0.3 is 0 Å². The fourth-order valence-corrected chi connectivity index (χ4v) is 5.03. The molecule has 0 saturated heterocycles. The van der Waals surface area contributed by atoms with Gasteiger partial charge in [-0.3, -0.25) is 4.72 Å². The summed E-state index contributed by atoms with van der Waals surface area (Å²) in [7, 11) is -3.84. The first-order valence-corrected chi connectivity index (χ1v) is 9.81. The molecule has 0 spiro atoms. The van der Waals surface area contributed by atoms with Crippen molar-refractivity contribution in [3.63, 3.8) is 0 Å². The van der Waals surface area contributed by atoms with E-state index in [0.717, 1.165) is 11.3 Å². The predicted molar refractivity (Wildman–Crippen MR) is 96.0 cm³/mol. The van der Waals surface area contributed by atoms with Crippen molar-refractivity contribution in [1.29, 1.82) is 0 Å². The van der Waals surface area contributed by atoms with Crippen molar-refractivity contribution in [1.82, 2.24) is 5.16 Å². The smallest absolute Gasteiger partial charge is 0.263 e. The number of hydrogen-bond donors (Lipinski definition) is 1. The molecule has 1 aromatic carbocycles. The second-order valence-corrected chi connectivity index (χ2v) is 8.73. The number of nitrogens with zero attached hydrogens (tertiary/aromatic N) is 1. The Morgan fingerprint density at radius 3 is 2.48 bits per heavy atom. The summed E-state index contributed by atoms with van der Waals surface area (Å²) in [6.07, 6.45) is 0. The molecular formula is C17H17FN2O3S2. The van der Waals surface area contributed by atoms with Gasteiger partial charge in [-0.25, -0.2) is 12.8 Å². The summed E-state index contributed by atoms with van der Waals surface area (Å²) < 4.78 is 46.7. The topological polar surface area (TPSA) is 72.2 Å². The van der Waals surface area contributed by atoms with Gasteiger partial charge in [0.05, 0.1) is 16.3 Å². The van der Waals surface area contributed by atoms with Crippen LogP contribution in [0.5, 0.6) is 0 Å². The summed E-state index contributed by atoms with van der Waals surface area (Å²) in [6.45, 7) is 7.04. The van der Waals surface area contributed by atoms with Crippen LogP contribution in [0.4, 0.5) is 10.1 Å². The van der Waals surface area contributed by atoms with Crippen molar-refractivity contribution < 1.29 is 17.3 Å². The van der Waals surface area contributed by atoms with Gasteiger partial charge in [-0.1, -0.05) is 11.2 Å². The van der Waals surface area contributed by atoms with Crippen molar-refractivity contribution in [3.05, 3.63) is 51.8 Å². The molecule has 0 radical (unpaired) electrons. The summed E-state index contributed by atoms with van der Waals surface area (Å²) >= 11 is 1.31. The summed E-state index contributed by atoms with van der Waals surface area (Å²) in [6, 6.07) is 5.78. The minimum absolute atomic E-state index is 0.141. The minimum Gasteiger partial charge on any atom is -0.355 e. The third-order valence-corrected chi connectivity index (χ3v) is 6.65. The zero-order chi connectivity index (χ0) is 18.4. The average Bonchev–Trinajstić information content (AvgIpc) is 3.07. The van der Waals surface area contributed by atoms with Crippen LogP contribution in [0.3, 0.4) is 0 Å². The van der Waals surface area contributed by atoms with Gasteiger partial charge in [-0.2, -0.15) is 0 Å². The molecule has 8 heteroatoms. The van der Waals surface area contributed by atoms with Crippen LogP contribution in [-0.2, 0) is 10.0 Å². The normalized spacial score (nSPS) is 11.7. The molecule has 0 bridgehead atoms. The van der Waals surface area contributed by atoms with Gasteiger partial charge in [0.15, 0.2) is 5.76 Å². The molecule has 2 heterocycles. The van der Waals surface area contributed by atoms with Crippen LogP contribution in [0, 0.1) is 33.5 Å². The molecule has 132 valence electrons. The highest BCUT2D eigenvalue weighted by Crippen LogP contribution is 2.36. The van der Waals surface area contributed by atoms with Crippen LogP contribution in [-0.4, -0.2) is 13.6 Å². The number of aromatic nitrogens is 1. The monoisotopic (exact) mass is 380 g/mol. The van der Waals surface area contributed by atoms with E-state index in [4.69, 9.17) is 4.52 Å². The first kappa shape index (κ1) is 17.6. The van der Waals surface area contributed by atoms with Crippen LogP contribution in [0.15, 0.2) is 33.7 Å². The fraction of sp³-hybridized carbons (Fsp3) is 0.235. The van der Waals surface area contributed by atoms with E-state index in [1.165, 1.54) is 29.5 Å². The SMILES string of the molecule is Cc1ccc(NS(=O)(=O)c2cc(-c3onc(C)c3C)sc2C)cc1F. The van der Waals surface area contributed by atoms with E-state index in [2.05, 4.69) is 9.88 Å². The highest BCUT2D eigenvalue weighted by Gasteiger charge is 2.23. The Labute approximate surface area is 149 Å². The molecule has 0 fully saturated rings. The molecule has 2 aromatic heterocycles. The molecule has 0 amide bonds. The molecule has 0 aliphatic heterocycles. The number of rotatable bonds is 4. The standard InChI is InChI=1S/C17H17FN2O3S2/c1-9-5-6-13(7-14(9)18)20-25(21,22)16-8-15(24-12(16)4)17-10(2)11(3)19-23-17/h5-8,20H,1-4H3. The molecule has 0 aliphatic carbocycles. The number of aryl methyl sites for hydroxylation is 3. The molecule has 25 heavy (non-hydrogen) atoms. The number of benzene rings is 1. The van der Waals surface area contributed by atoms with E-state index in [9.17, 15) is 12.8 Å². The van der Waals surface area contributed by atoms with Crippen molar-refractivity contribution >= 4 is 27.0 Å². The molecule has 1 N–H and O–H groups in total. The quantitative estimate of drug-likeness (QED) is 0.719. The first-order valence-electron chi connectivity index (χ1n) is 7.51. The zero-order valence-corrected chi connectivity index (χ0v) is 15.8. The number of thiophene rings is 1. The molecule has 0 atom stereocenters. The van der Waals surface area contributed by atoms with E-state index >= 15 is 0 Å². The van der Waals surface area contributed by atoms with E-state index in [1.54, 1.807) is 19.9 Å². The summed E-state index contributed by atoms with van der Waals surface area (Å²) in [5, 5.41) is 3.90. The van der Waals surface area contributed by atoms with Gasteiger partial charge in [-0.15, -0.1) is 11.3 Å². The third kappa shape index (κ3) is 3.32. The molecule has 0 unspecified atom stereocenters. The van der Waals surface area contributed by atoms with Gasteiger partial charge < -0.3 is 4.52 Å². The number of anilines is 1. The molecule has 3 rings (SSSR count). The van der Waals surface area contributed by atoms with Crippen LogP contribution in [0.25, 0.3) is 10.6 Å². The maximum atomic E-state index is 13.7. The first-order chi connectivity index (χ1) is 11.7. The molecule has 3 aromatic rings. The maximum Gasteiger partial charge on any atom is 0.263 e. The van der Waals surface area contributed by atoms with E-state index in [0.29, 0.717) is 21.1 Å². The van der Waals surface area contributed by atoms with Gasteiger partial charge in [0.25, 0.3) is 10.0 Å². The van der Waals surface area contributed by atoms with Crippen molar-refractivity contribution in [2.45, 2.75) is 32.6 Å². The Balaban J connectivity index is 1.97. The second-order valence-electron chi connectivity index (χ2n) is 5.82. The summed E-state index contributed by atoms with van der Waals surface area (Å²) in [4.78, 5) is 1.44. The Bertz CT molecular complexity index is 1050. The van der Waals surface area contributed by atoms with E-state index in [1.807, 2.05) is 13.8 Å². The number of sulfonamides is 1. The maximum absolute atomic E-state index is 13.7. The average molecular weight is 380 g/mol. The van der Waals surface area contributed by atoms with Gasteiger partial charge in [0.1, 0.15) is 10.7 Å².